The summed E-state index contributed by atoms with van der Waals surface area (Å²) in [6, 6.07) is 0. The zero-order chi connectivity index (χ0) is 10.1. The van der Waals surface area contributed by atoms with Crippen LogP contribution in [0.15, 0.2) is 11.6 Å². The largest absolute Gasteiger partial charge is 0.463 e. The molecule has 0 atom stereocenters. The van der Waals surface area contributed by atoms with E-state index in [4.69, 9.17) is 4.74 Å². The normalized spacial score (nSPS) is 11.5. The highest BCUT2D eigenvalue weighted by Gasteiger charge is 2.02. The van der Waals surface area contributed by atoms with Gasteiger partial charge in [0.2, 0.25) is 0 Å². The fraction of sp³-hybridized carbons (Fsp3) is 0.700. The summed E-state index contributed by atoms with van der Waals surface area (Å²) in [5.41, 5.74) is 0.706. The Morgan fingerprint density at radius 3 is 2.77 bits per heavy atom. The van der Waals surface area contributed by atoms with Gasteiger partial charge in [0.25, 0.3) is 0 Å². The minimum absolute atomic E-state index is 0.202. The lowest BCUT2D eigenvalue weighted by Crippen LogP contribution is -2.07. The number of hydrogen-bond donors (Lipinski definition) is 1. The summed E-state index contributed by atoms with van der Waals surface area (Å²) in [5, 5.41) is 3.05. The van der Waals surface area contributed by atoms with Gasteiger partial charge < -0.3 is 10.1 Å². The summed E-state index contributed by atoms with van der Waals surface area (Å²) >= 11 is 0. The van der Waals surface area contributed by atoms with Crippen molar-refractivity contribution in [2.24, 2.45) is 0 Å². The Labute approximate surface area is 80.2 Å². The topological polar surface area (TPSA) is 38.3 Å². The molecule has 0 aromatic heterocycles. The highest BCUT2D eigenvalue weighted by atomic mass is 16.5. The molecule has 0 aliphatic rings. The highest BCUT2D eigenvalue weighted by molar-refractivity contribution is 5.87. The second-order valence-electron chi connectivity index (χ2n) is 2.85. The molecule has 0 saturated carbocycles. The quantitative estimate of drug-likeness (QED) is 0.387. The van der Waals surface area contributed by atoms with Crippen molar-refractivity contribution in [3.05, 3.63) is 11.6 Å². The monoisotopic (exact) mass is 185 g/mol. The lowest BCUT2D eigenvalue weighted by molar-refractivity contribution is -0.138. The number of hydrogen-bond acceptors (Lipinski definition) is 3. The minimum atomic E-state index is -0.202. The molecular formula is C10H19NO2. The number of esters is 1. The van der Waals surface area contributed by atoms with Crippen molar-refractivity contribution < 1.29 is 9.53 Å². The summed E-state index contributed by atoms with van der Waals surface area (Å²) < 4.78 is 4.84. The number of unbranched alkanes of at least 4 members (excludes halogenated alkanes) is 1. The predicted molar refractivity (Wildman–Crippen MR) is 53.6 cm³/mol. The Morgan fingerprint density at radius 2 is 2.23 bits per heavy atom. The molecule has 0 aromatic rings. The molecule has 1 N–H and O–H groups in total. The molecule has 0 radical (unpaired) electrons. The maximum Gasteiger partial charge on any atom is 0.333 e. The first kappa shape index (κ1) is 12.2. The highest BCUT2D eigenvalue weighted by Crippen LogP contribution is 2.00. The summed E-state index contributed by atoms with van der Waals surface area (Å²) in [6.07, 6.45) is 3.90. The first-order valence-corrected chi connectivity index (χ1v) is 4.70. The van der Waals surface area contributed by atoms with Crippen LogP contribution in [0.2, 0.25) is 0 Å². The average molecular weight is 185 g/mol. The molecule has 0 rings (SSSR count). The molecule has 0 amide bonds. The smallest absolute Gasteiger partial charge is 0.333 e. The van der Waals surface area contributed by atoms with Gasteiger partial charge in [0.05, 0.1) is 6.61 Å². The van der Waals surface area contributed by atoms with E-state index in [0.717, 1.165) is 19.4 Å². The van der Waals surface area contributed by atoms with Crippen LogP contribution in [0, 0.1) is 0 Å². The summed E-state index contributed by atoms with van der Waals surface area (Å²) in [6.45, 7) is 5.02. The van der Waals surface area contributed by atoms with Crippen LogP contribution in [0.25, 0.3) is 0 Å². The molecule has 0 spiro atoms. The molecule has 0 saturated heterocycles. The molecule has 0 heterocycles. The molecule has 0 fully saturated rings. The molecular weight excluding hydrogens is 166 g/mol. The van der Waals surface area contributed by atoms with Gasteiger partial charge in [-0.2, -0.15) is 0 Å². The van der Waals surface area contributed by atoms with Crippen molar-refractivity contribution >= 4 is 5.97 Å². The van der Waals surface area contributed by atoms with Crippen molar-refractivity contribution in [2.75, 3.05) is 20.2 Å². The van der Waals surface area contributed by atoms with Crippen molar-refractivity contribution in [3.63, 3.8) is 0 Å². The van der Waals surface area contributed by atoms with Gasteiger partial charge in [-0.15, -0.1) is 0 Å². The fourth-order valence-electron chi connectivity index (χ4n) is 0.926. The lowest BCUT2D eigenvalue weighted by Gasteiger charge is -2.01. The van der Waals surface area contributed by atoms with Crippen LogP contribution < -0.4 is 5.32 Å². The molecule has 3 nitrogen and oxygen atoms in total. The average Bonchev–Trinajstić information content (AvgIpc) is 2.12. The van der Waals surface area contributed by atoms with Gasteiger partial charge in [0.1, 0.15) is 0 Å². The number of nitrogens with one attached hydrogen (secondary N) is 1. The molecule has 0 aliphatic carbocycles. The van der Waals surface area contributed by atoms with Crippen LogP contribution in [0.1, 0.15) is 26.7 Å². The maximum absolute atomic E-state index is 11.1. The van der Waals surface area contributed by atoms with E-state index >= 15 is 0 Å². The van der Waals surface area contributed by atoms with Crippen LogP contribution in [-0.4, -0.2) is 26.2 Å². The number of rotatable bonds is 6. The van der Waals surface area contributed by atoms with Gasteiger partial charge in [0, 0.05) is 5.57 Å². The Bertz CT molecular complexity index is 176. The summed E-state index contributed by atoms with van der Waals surface area (Å²) in [4.78, 5) is 11.1. The fourth-order valence-corrected chi connectivity index (χ4v) is 0.926. The van der Waals surface area contributed by atoms with E-state index in [1.165, 1.54) is 0 Å². The van der Waals surface area contributed by atoms with E-state index in [1.807, 2.05) is 20.0 Å². The summed E-state index contributed by atoms with van der Waals surface area (Å²) in [7, 11) is 1.92. The molecule has 13 heavy (non-hydrogen) atoms. The number of ether oxygens (including phenoxy) is 1. The third kappa shape index (κ3) is 6.34. The van der Waals surface area contributed by atoms with Crippen molar-refractivity contribution in [3.8, 4) is 0 Å². The number of allylic oxidation sites excluding steroid dienone is 1. The van der Waals surface area contributed by atoms with E-state index in [9.17, 15) is 4.79 Å². The first-order chi connectivity index (χ1) is 6.22. The van der Waals surface area contributed by atoms with Gasteiger partial charge in [-0.05, 0) is 40.3 Å². The van der Waals surface area contributed by atoms with Gasteiger partial charge in [-0.1, -0.05) is 6.08 Å². The van der Waals surface area contributed by atoms with Gasteiger partial charge in [-0.3, -0.25) is 0 Å². The lowest BCUT2D eigenvalue weighted by atomic mass is 10.2. The minimum Gasteiger partial charge on any atom is -0.463 e. The first-order valence-electron chi connectivity index (χ1n) is 4.70. The number of carbonyl (C=O) groups excluding carboxylic acids is 1. The van der Waals surface area contributed by atoms with Crippen molar-refractivity contribution in [1.82, 2.24) is 5.32 Å². The van der Waals surface area contributed by atoms with Gasteiger partial charge in [-0.25, -0.2) is 4.79 Å². The van der Waals surface area contributed by atoms with E-state index < -0.39 is 0 Å². The van der Waals surface area contributed by atoms with Crippen LogP contribution in [0.5, 0.6) is 0 Å². The van der Waals surface area contributed by atoms with E-state index in [0.29, 0.717) is 12.2 Å². The van der Waals surface area contributed by atoms with E-state index in [2.05, 4.69) is 5.32 Å². The Morgan fingerprint density at radius 1 is 1.54 bits per heavy atom. The Balaban J connectivity index is 3.67. The second kappa shape index (κ2) is 7.80. The molecule has 0 aliphatic heterocycles. The summed E-state index contributed by atoms with van der Waals surface area (Å²) in [5.74, 6) is -0.202. The zero-order valence-corrected chi connectivity index (χ0v) is 8.72. The van der Waals surface area contributed by atoms with Crippen LogP contribution >= 0.6 is 0 Å². The van der Waals surface area contributed by atoms with Crippen LogP contribution in [0.4, 0.5) is 0 Å². The zero-order valence-electron chi connectivity index (χ0n) is 8.72. The van der Waals surface area contributed by atoms with E-state index in [1.54, 1.807) is 6.92 Å². The molecule has 0 aromatic carbocycles. The predicted octanol–water partition coefficient (Wildman–Crippen LogP) is 1.50. The molecule has 76 valence electrons. The van der Waals surface area contributed by atoms with Crippen LogP contribution in [-0.2, 0) is 9.53 Å². The van der Waals surface area contributed by atoms with Crippen molar-refractivity contribution in [2.45, 2.75) is 26.7 Å². The standard InChI is InChI=1S/C10H19NO2/c1-4-13-10(12)9(2)7-5-6-8-11-3/h7,11H,4-6,8H2,1-3H3. The third-order valence-corrected chi connectivity index (χ3v) is 1.68. The molecule has 0 bridgehead atoms. The molecule has 0 unspecified atom stereocenters. The second-order valence-corrected chi connectivity index (χ2v) is 2.85. The molecule has 3 heteroatoms. The van der Waals surface area contributed by atoms with Gasteiger partial charge in [0.15, 0.2) is 0 Å². The maximum atomic E-state index is 11.1. The Kier molecular flexibility index (Phi) is 7.30. The third-order valence-electron chi connectivity index (χ3n) is 1.68. The van der Waals surface area contributed by atoms with Crippen LogP contribution in [0.3, 0.4) is 0 Å². The Hall–Kier alpha value is -0.830. The SMILES string of the molecule is CCOC(=O)C(C)=CCCCNC. The number of carbonyl (C=O) groups is 1. The van der Waals surface area contributed by atoms with Gasteiger partial charge >= 0.3 is 5.97 Å². The van der Waals surface area contributed by atoms with E-state index in [-0.39, 0.29) is 5.97 Å². The van der Waals surface area contributed by atoms with Crippen molar-refractivity contribution in [1.29, 1.82) is 0 Å².